The zero-order valence-electron chi connectivity index (χ0n) is 19.1. The van der Waals surface area contributed by atoms with Crippen molar-refractivity contribution in [1.82, 2.24) is 19.9 Å². The van der Waals surface area contributed by atoms with Gasteiger partial charge in [0.15, 0.2) is 5.65 Å². The molecule has 1 aliphatic rings. The molecular formula is C26H27N5O2. The summed E-state index contributed by atoms with van der Waals surface area (Å²) in [5.74, 6) is -0.187. The van der Waals surface area contributed by atoms with Crippen molar-refractivity contribution < 1.29 is 9.59 Å². The highest BCUT2D eigenvalue weighted by Crippen LogP contribution is 2.24. The molecule has 0 unspecified atom stereocenters. The van der Waals surface area contributed by atoms with Gasteiger partial charge in [0.1, 0.15) is 0 Å². The number of nitrogens with zero attached hydrogens (tertiary/aromatic N) is 3. The Balaban J connectivity index is 1.32. The minimum absolute atomic E-state index is 0.0924. The van der Waals surface area contributed by atoms with Gasteiger partial charge in [0.2, 0.25) is 5.91 Å². The third-order valence-electron chi connectivity index (χ3n) is 6.31. The second-order valence-corrected chi connectivity index (χ2v) is 8.84. The van der Waals surface area contributed by atoms with E-state index >= 15 is 0 Å². The molecule has 7 nitrogen and oxygen atoms in total. The van der Waals surface area contributed by atoms with Crippen molar-refractivity contribution in [3.05, 3.63) is 70.5 Å². The maximum atomic E-state index is 12.8. The summed E-state index contributed by atoms with van der Waals surface area (Å²) in [6.45, 7) is 5.92. The summed E-state index contributed by atoms with van der Waals surface area (Å²) in [6, 6.07) is 13.7. The first-order valence-corrected chi connectivity index (χ1v) is 11.4. The van der Waals surface area contributed by atoms with E-state index in [1.807, 2.05) is 55.6 Å². The third-order valence-corrected chi connectivity index (χ3v) is 6.31. The van der Waals surface area contributed by atoms with Gasteiger partial charge in [-0.05, 0) is 75.4 Å². The molecule has 2 N–H and O–H groups in total. The Morgan fingerprint density at radius 2 is 1.88 bits per heavy atom. The molecule has 0 atom stereocenters. The second kappa shape index (κ2) is 8.31. The van der Waals surface area contributed by atoms with Crippen LogP contribution < -0.4 is 10.6 Å². The van der Waals surface area contributed by atoms with Gasteiger partial charge in [0.25, 0.3) is 5.91 Å². The number of rotatable bonds is 6. The Bertz CT molecular complexity index is 1400. The van der Waals surface area contributed by atoms with Crippen LogP contribution in [-0.2, 0) is 11.2 Å². The maximum absolute atomic E-state index is 12.8. The molecule has 0 radical (unpaired) electrons. The quantitative estimate of drug-likeness (QED) is 0.468. The van der Waals surface area contributed by atoms with E-state index in [0.29, 0.717) is 30.1 Å². The van der Waals surface area contributed by atoms with Crippen LogP contribution in [0.1, 0.15) is 52.1 Å². The van der Waals surface area contributed by atoms with Crippen LogP contribution in [0.25, 0.3) is 16.6 Å². The van der Waals surface area contributed by atoms with Gasteiger partial charge in [0, 0.05) is 40.5 Å². The fourth-order valence-corrected chi connectivity index (χ4v) is 4.18. The van der Waals surface area contributed by atoms with Crippen LogP contribution in [0.5, 0.6) is 0 Å². The molecule has 0 saturated heterocycles. The number of hydrogen-bond acceptors (Lipinski definition) is 4. The first-order valence-electron chi connectivity index (χ1n) is 11.4. The number of amides is 2. The first kappa shape index (κ1) is 21.1. The lowest BCUT2D eigenvalue weighted by Gasteiger charge is -2.13. The zero-order valence-corrected chi connectivity index (χ0v) is 19.1. The standard InChI is InChI=1S/C26H27N5O2/c1-15-8-9-18(26(33)28-19-10-11-19)14-23(15)29-24(32)13-12-20-16(2)27-25-21-6-4-5-7-22(21)30-31(25)17(20)3/h4-9,14,19H,10-13H2,1-3H3,(H,28,33)(H,29,32). The van der Waals surface area contributed by atoms with Crippen LogP contribution in [0, 0.1) is 20.8 Å². The van der Waals surface area contributed by atoms with Crippen LogP contribution >= 0.6 is 0 Å². The number of aryl methyl sites for hydroxylation is 3. The summed E-state index contributed by atoms with van der Waals surface area (Å²) >= 11 is 0. The van der Waals surface area contributed by atoms with Gasteiger partial charge in [-0.3, -0.25) is 9.59 Å². The molecule has 4 aromatic rings. The summed E-state index contributed by atoms with van der Waals surface area (Å²) in [4.78, 5) is 29.9. The predicted molar refractivity (Wildman–Crippen MR) is 129 cm³/mol. The summed E-state index contributed by atoms with van der Waals surface area (Å²) in [5.41, 5.74) is 6.84. The van der Waals surface area contributed by atoms with Crippen molar-refractivity contribution in [2.45, 2.75) is 52.5 Å². The van der Waals surface area contributed by atoms with Gasteiger partial charge in [-0.2, -0.15) is 5.10 Å². The van der Waals surface area contributed by atoms with Crippen molar-refractivity contribution in [2.75, 3.05) is 5.32 Å². The molecule has 1 saturated carbocycles. The Morgan fingerprint density at radius 1 is 1.09 bits per heavy atom. The molecule has 0 aliphatic heterocycles. The number of carbonyl (C=O) groups excluding carboxylic acids is 2. The van der Waals surface area contributed by atoms with E-state index in [9.17, 15) is 9.59 Å². The topological polar surface area (TPSA) is 88.4 Å². The van der Waals surface area contributed by atoms with E-state index < -0.39 is 0 Å². The normalized spacial score (nSPS) is 13.4. The smallest absolute Gasteiger partial charge is 0.251 e. The molecule has 5 rings (SSSR count). The number of nitrogens with one attached hydrogen (secondary N) is 2. The van der Waals surface area contributed by atoms with E-state index in [4.69, 9.17) is 4.98 Å². The summed E-state index contributed by atoms with van der Waals surface area (Å²) in [5, 5.41) is 11.7. The van der Waals surface area contributed by atoms with Gasteiger partial charge >= 0.3 is 0 Å². The predicted octanol–water partition coefficient (Wildman–Crippen LogP) is 4.27. The molecule has 2 heterocycles. The molecule has 1 fully saturated rings. The molecular weight excluding hydrogens is 414 g/mol. The minimum Gasteiger partial charge on any atom is -0.349 e. The number of anilines is 1. The molecule has 1 aliphatic carbocycles. The lowest BCUT2D eigenvalue weighted by atomic mass is 10.1. The SMILES string of the molecule is Cc1ccc(C(=O)NC2CC2)cc1NC(=O)CCc1c(C)nc2c3ccccc3nn2c1C. The third kappa shape index (κ3) is 4.18. The molecule has 7 heteroatoms. The number of carbonyl (C=O) groups is 2. The van der Waals surface area contributed by atoms with Gasteiger partial charge in [-0.25, -0.2) is 9.50 Å². The summed E-state index contributed by atoms with van der Waals surface area (Å²) < 4.78 is 1.87. The van der Waals surface area contributed by atoms with E-state index in [2.05, 4.69) is 15.7 Å². The number of benzene rings is 2. The van der Waals surface area contributed by atoms with E-state index in [1.165, 1.54) is 0 Å². The van der Waals surface area contributed by atoms with Crippen LogP contribution in [0.2, 0.25) is 0 Å². The van der Waals surface area contributed by atoms with Crippen LogP contribution in [0.4, 0.5) is 5.69 Å². The lowest BCUT2D eigenvalue weighted by Crippen LogP contribution is -2.25. The zero-order chi connectivity index (χ0) is 23.1. The fourth-order valence-electron chi connectivity index (χ4n) is 4.18. The van der Waals surface area contributed by atoms with Gasteiger partial charge < -0.3 is 10.6 Å². The van der Waals surface area contributed by atoms with E-state index in [1.54, 1.807) is 12.1 Å². The Morgan fingerprint density at radius 3 is 2.67 bits per heavy atom. The number of aromatic nitrogens is 3. The molecule has 168 valence electrons. The molecule has 2 aromatic heterocycles. The Labute approximate surface area is 192 Å². The van der Waals surface area contributed by atoms with Crippen molar-refractivity contribution in [3.8, 4) is 0 Å². The molecule has 33 heavy (non-hydrogen) atoms. The fraction of sp³-hybridized carbons (Fsp3) is 0.308. The van der Waals surface area contributed by atoms with Crippen LogP contribution in [-0.4, -0.2) is 32.5 Å². The molecule has 2 amide bonds. The van der Waals surface area contributed by atoms with Crippen LogP contribution in [0.15, 0.2) is 42.5 Å². The van der Waals surface area contributed by atoms with Gasteiger partial charge in [-0.1, -0.05) is 18.2 Å². The van der Waals surface area contributed by atoms with Crippen molar-refractivity contribution in [1.29, 1.82) is 0 Å². The van der Waals surface area contributed by atoms with Crippen molar-refractivity contribution in [3.63, 3.8) is 0 Å². The lowest BCUT2D eigenvalue weighted by molar-refractivity contribution is -0.116. The number of hydrogen-bond donors (Lipinski definition) is 2. The Hall–Kier alpha value is -3.74. The van der Waals surface area contributed by atoms with E-state index in [-0.39, 0.29) is 11.8 Å². The monoisotopic (exact) mass is 441 g/mol. The highest BCUT2D eigenvalue weighted by atomic mass is 16.2. The highest BCUT2D eigenvalue weighted by molar-refractivity contribution is 5.98. The summed E-state index contributed by atoms with van der Waals surface area (Å²) in [7, 11) is 0. The summed E-state index contributed by atoms with van der Waals surface area (Å²) in [6.07, 6.45) is 2.95. The average Bonchev–Trinajstić information content (AvgIpc) is 3.53. The van der Waals surface area contributed by atoms with Gasteiger partial charge in [0.05, 0.1) is 5.52 Å². The minimum atomic E-state index is -0.0950. The highest BCUT2D eigenvalue weighted by Gasteiger charge is 2.24. The van der Waals surface area contributed by atoms with Crippen molar-refractivity contribution in [2.24, 2.45) is 0 Å². The maximum Gasteiger partial charge on any atom is 0.251 e. The largest absolute Gasteiger partial charge is 0.349 e. The van der Waals surface area contributed by atoms with Gasteiger partial charge in [-0.15, -0.1) is 0 Å². The molecule has 2 aromatic carbocycles. The first-order chi connectivity index (χ1) is 15.9. The van der Waals surface area contributed by atoms with Crippen LogP contribution in [0.3, 0.4) is 0 Å². The van der Waals surface area contributed by atoms with E-state index in [0.717, 1.165) is 51.9 Å². The van der Waals surface area contributed by atoms with Crippen molar-refractivity contribution >= 4 is 34.1 Å². The average molecular weight is 442 g/mol. The second-order valence-electron chi connectivity index (χ2n) is 8.84. The molecule has 0 spiro atoms. The molecule has 0 bridgehead atoms. The Kier molecular flexibility index (Phi) is 5.32. The number of fused-ring (bicyclic) bond motifs is 3.